The minimum Gasteiger partial charge on any atom is -0.495 e. The molecular weight excluding hydrogens is 408 g/mol. The number of H-pyrrole nitrogens is 1. The molecule has 0 radical (unpaired) electrons. The predicted octanol–water partition coefficient (Wildman–Crippen LogP) is 1.70. The molecule has 3 aromatic rings. The number of aromatic nitrogens is 1. The lowest BCUT2D eigenvalue weighted by atomic mass is 10.1. The Kier molecular flexibility index (Phi) is 6.32. The molecule has 3 N–H and O–H groups in total. The first-order valence-corrected chi connectivity index (χ1v) is 10.8. The second-order valence-corrected chi connectivity index (χ2v) is 7.94. The lowest BCUT2D eigenvalue weighted by molar-refractivity contribution is -0.914. The zero-order chi connectivity index (χ0) is 22.7. The fourth-order valence-corrected chi connectivity index (χ4v) is 4.30. The summed E-state index contributed by atoms with van der Waals surface area (Å²) in [7, 11) is 3.01. The highest BCUT2D eigenvalue weighted by Crippen LogP contribution is 2.29. The highest BCUT2D eigenvalue weighted by Gasteiger charge is 2.31. The van der Waals surface area contributed by atoms with Gasteiger partial charge in [-0.15, -0.1) is 0 Å². The number of quaternary nitrogens is 1. The van der Waals surface area contributed by atoms with Gasteiger partial charge in [0.15, 0.2) is 6.04 Å². The number of carbonyl (C=O) groups excluding carboxylic acids is 2. The van der Waals surface area contributed by atoms with Gasteiger partial charge in [-0.1, -0.05) is 30.3 Å². The monoisotopic (exact) mass is 437 g/mol. The number of piperazine rings is 1. The van der Waals surface area contributed by atoms with E-state index in [1.54, 1.807) is 7.11 Å². The van der Waals surface area contributed by atoms with Crippen LogP contribution < -0.4 is 19.9 Å². The van der Waals surface area contributed by atoms with Crippen molar-refractivity contribution in [1.82, 2.24) is 4.98 Å². The third-order valence-electron chi connectivity index (χ3n) is 6.18. The van der Waals surface area contributed by atoms with E-state index < -0.39 is 5.97 Å². The normalized spacial score (nSPS) is 15.4. The lowest BCUT2D eigenvalue weighted by Gasteiger charge is -2.36. The maximum atomic E-state index is 13.1. The highest BCUT2D eigenvalue weighted by atomic mass is 16.5. The van der Waals surface area contributed by atoms with Crippen LogP contribution in [-0.2, 0) is 9.53 Å². The van der Waals surface area contributed by atoms with Gasteiger partial charge in [0, 0.05) is 10.9 Å². The van der Waals surface area contributed by atoms with Gasteiger partial charge < -0.3 is 29.6 Å². The molecule has 1 saturated heterocycles. The Bertz CT molecular complexity index is 1120. The van der Waals surface area contributed by atoms with Crippen molar-refractivity contribution >= 4 is 34.2 Å². The first-order chi connectivity index (χ1) is 15.5. The molecule has 0 spiro atoms. The van der Waals surface area contributed by atoms with E-state index in [-0.39, 0.29) is 17.6 Å². The number of carbonyl (C=O) groups is 2. The molecule has 2 heterocycles. The molecule has 4 rings (SSSR count). The number of benzene rings is 2. The molecule has 1 aromatic heterocycles. The van der Waals surface area contributed by atoms with E-state index >= 15 is 0 Å². The Hall–Kier alpha value is -3.52. The molecule has 32 heavy (non-hydrogen) atoms. The van der Waals surface area contributed by atoms with Crippen LogP contribution in [0.25, 0.3) is 10.9 Å². The number of nitrogens with one attached hydrogen (secondary N) is 3. The number of hydrogen-bond donors (Lipinski definition) is 3. The number of fused-ring (bicyclic) bond motifs is 1. The highest BCUT2D eigenvalue weighted by molar-refractivity contribution is 6.11. The van der Waals surface area contributed by atoms with Crippen molar-refractivity contribution in [3.05, 3.63) is 54.2 Å². The van der Waals surface area contributed by atoms with Gasteiger partial charge in [-0.05, 0) is 25.1 Å². The number of nitrogens with zero attached hydrogens (tertiary/aromatic N) is 1. The Balaban J connectivity index is 1.46. The topological polar surface area (TPSA) is 88.1 Å². The summed E-state index contributed by atoms with van der Waals surface area (Å²) in [5.41, 5.74) is 2.57. The number of aromatic amines is 1. The number of para-hydroxylation sites is 3. The van der Waals surface area contributed by atoms with Crippen molar-refractivity contribution in [3.8, 4) is 5.75 Å². The van der Waals surface area contributed by atoms with Gasteiger partial charge in [0.1, 0.15) is 11.4 Å². The van der Waals surface area contributed by atoms with Crippen molar-refractivity contribution in [2.75, 3.05) is 50.6 Å². The maximum Gasteiger partial charge on any atom is 0.356 e. The van der Waals surface area contributed by atoms with Crippen molar-refractivity contribution in [2.24, 2.45) is 0 Å². The Morgan fingerprint density at radius 1 is 1.06 bits per heavy atom. The summed E-state index contributed by atoms with van der Waals surface area (Å²) in [4.78, 5) is 31.9. The molecule has 168 valence electrons. The van der Waals surface area contributed by atoms with Crippen LogP contribution >= 0.6 is 0 Å². The van der Waals surface area contributed by atoms with Crippen LogP contribution in [0.4, 0.5) is 11.4 Å². The van der Waals surface area contributed by atoms with Crippen LogP contribution in [0.2, 0.25) is 0 Å². The Morgan fingerprint density at radius 3 is 2.47 bits per heavy atom. The second kappa shape index (κ2) is 9.32. The zero-order valence-electron chi connectivity index (χ0n) is 18.6. The molecule has 1 amide bonds. The first kappa shape index (κ1) is 21.7. The molecule has 2 aromatic carbocycles. The summed E-state index contributed by atoms with van der Waals surface area (Å²) < 4.78 is 10.4. The number of methoxy groups -OCH3 is 2. The van der Waals surface area contributed by atoms with Crippen LogP contribution in [0, 0.1) is 0 Å². The van der Waals surface area contributed by atoms with Crippen LogP contribution in [-0.4, -0.2) is 63.3 Å². The largest absolute Gasteiger partial charge is 0.495 e. The van der Waals surface area contributed by atoms with Crippen molar-refractivity contribution in [2.45, 2.75) is 13.0 Å². The average Bonchev–Trinajstić information content (AvgIpc) is 3.21. The number of ether oxygens (including phenoxy) is 2. The standard InChI is InChI=1S/C24H28N4O4/c1-16(27-12-14-28(15-13-27)19-10-6-7-11-20(19)31-2)23(29)26-21-17-8-4-5-9-18(17)25-22(21)24(30)32-3/h4-11,16,25H,12-15H2,1-3H3,(H,26,29)/p+1/t16-/m1/s1. The van der Waals surface area contributed by atoms with Gasteiger partial charge in [0.25, 0.3) is 5.91 Å². The van der Waals surface area contributed by atoms with E-state index in [4.69, 9.17) is 9.47 Å². The molecule has 0 saturated carbocycles. The lowest BCUT2D eigenvalue weighted by Crippen LogP contribution is -3.19. The van der Waals surface area contributed by atoms with Gasteiger partial charge in [-0.2, -0.15) is 0 Å². The molecule has 0 unspecified atom stereocenters. The number of amides is 1. The van der Waals surface area contributed by atoms with E-state index in [0.717, 1.165) is 48.5 Å². The van der Waals surface area contributed by atoms with E-state index in [9.17, 15) is 9.59 Å². The van der Waals surface area contributed by atoms with Crippen LogP contribution in [0.5, 0.6) is 5.75 Å². The average molecular weight is 438 g/mol. The smallest absolute Gasteiger partial charge is 0.356 e. The van der Waals surface area contributed by atoms with Crippen molar-refractivity contribution in [1.29, 1.82) is 0 Å². The number of hydrogen-bond acceptors (Lipinski definition) is 5. The fourth-order valence-electron chi connectivity index (χ4n) is 4.30. The predicted molar refractivity (Wildman–Crippen MR) is 124 cm³/mol. The van der Waals surface area contributed by atoms with Crippen LogP contribution in [0.1, 0.15) is 17.4 Å². The summed E-state index contributed by atoms with van der Waals surface area (Å²) >= 11 is 0. The summed E-state index contributed by atoms with van der Waals surface area (Å²) in [5.74, 6) is 0.221. The van der Waals surface area contributed by atoms with Gasteiger partial charge >= 0.3 is 5.97 Å². The molecule has 1 atom stereocenters. The molecule has 1 fully saturated rings. The number of esters is 1. The third kappa shape index (κ3) is 4.13. The maximum absolute atomic E-state index is 13.1. The molecule has 0 aliphatic carbocycles. The number of rotatable bonds is 6. The minimum absolute atomic E-state index is 0.124. The Morgan fingerprint density at radius 2 is 1.75 bits per heavy atom. The summed E-state index contributed by atoms with van der Waals surface area (Å²) in [5, 5.41) is 3.76. The molecule has 8 nitrogen and oxygen atoms in total. The molecule has 8 heteroatoms. The molecule has 1 aliphatic heterocycles. The molecule has 1 aliphatic rings. The quantitative estimate of drug-likeness (QED) is 0.511. The minimum atomic E-state index is -0.512. The molecular formula is C24H29N4O4+. The number of anilines is 2. The third-order valence-corrected chi connectivity index (χ3v) is 6.18. The van der Waals surface area contributed by atoms with E-state index in [1.807, 2.05) is 49.4 Å². The van der Waals surface area contributed by atoms with E-state index in [1.165, 1.54) is 12.0 Å². The van der Waals surface area contributed by atoms with Gasteiger partial charge in [-0.25, -0.2) is 4.79 Å². The van der Waals surface area contributed by atoms with Crippen LogP contribution in [0.15, 0.2) is 48.5 Å². The van der Waals surface area contributed by atoms with Gasteiger partial charge in [-0.3, -0.25) is 4.79 Å². The fraction of sp³-hybridized carbons (Fsp3) is 0.333. The second-order valence-electron chi connectivity index (χ2n) is 7.94. The van der Waals surface area contributed by atoms with E-state index in [2.05, 4.69) is 21.3 Å². The SMILES string of the molecule is COC(=O)c1[nH]c2ccccc2c1NC(=O)[C@@H](C)[NH+]1CCN(c2ccccc2OC)CC1. The van der Waals surface area contributed by atoms with Gasteiger partial charge in [0.2, 0.25) is 0 Å². The van der Waals surface area contributed by atoms with E-state index in [0.29, 0.717) is 5.69 Å². The van der Waals surface area contributed by atoms with Crippen LogP contribution in [0.3, 0.4) is 0 Å². The van der Waals surface area contributed by atoms with Crippen molar-refractivity contribution in [3.63, 3.8) is 0 Å². The molecule has 0 bridgehead atoms. The first-order valence-electron chi connectivity index (χ1n) is 10.8. The summed E-state index contributed by atoms with van der Waals surface area (Å²) in [6, 6.07) is 15.2. The van der Waals surface area contributed by atoms with Crippen molar-refractivity contribution < 1.29 is 24.0 Å². The zero-order valence-corrected chi connectivity index (χ0v) is 18.6. The van der Waals surface area contributed by atoms with Gasteiger partial charge in [0.05, 0.1) is 51.8 Å². The summed E-state index contributed by atoms with van der Waals surface area (Å²) in [6.45, 7) is 5.23. The Labute approximate surface area is 187 Å². The summed E-state index contributed by atoms with van der Waals surface area (Å²) in [6.07, 6.45) is 0.